The fourth-order valence-electron chi connectivity index (χ4n) is 3.03. The Kier molecular flexibility index (Phi) is 5.48. The van der Waals surface area contributed by atoms with Gasteiger partial charge in [0.2, 0.25) is 0 Å². The highest BCUT2D eigenvalue weighted by atomic mass is 32.1. The number of nitrogens with zero attached hydrogens (tertiary/aromatic N) is 1. The topological polar surface area (TPSA) is 64.8 Å². The van der Waals surface area contributed by atoms with E-state index in [1.165, 1.54) is 11.3 Å². The quantitative estimate of drug-likeness (QED) is 0.845. The number of rotatable bonds is 6. The van der Waals surface area contributed by atoms with Crippen LogP contribution in [0.4, 0.5) is 5.00 Å². The molecular weight excluding hydrogens is 336 g/mol. The van der Waals surface area contributed by atoms with Gasteiger partial charge < -0.3 is 20.1 Å². The van der Waals surface area contributed by atoms with Crippen molar-refractivity contribution in [1.82, 2.24) is 4.90 Å². The van der Waals surface area contributed by atoms with E-state index < -0.39 is 0 Å². The summed E-state index contributed by atoms with van der Waals surface area (Å²) < 4.78 is 11.2. The van der Waals surface area contributed by atoms with Crippen LogP contribution in [0, 0.1) is 0 Å². The number of carbonyl (C=O) groups is 1. The van der Waals surface area contributed by atoms with Crippen LogP contribution in [-0.4, -0.2) is 37.1 Å². The lowest BCUT2D eigenvalue weighted by Gasteiger charge is -2.22. The molecule has 6 heteroatoms. The molecule has 1 aromatic heterocycles. The predicted molar refractivity (Wildman–Crippen MR) is 102 cm³/mol. The largest absolute Gasteiger partial charge is 0.486 e. The van der Waals surface area contributed by atoms with E-state index in [2.05, 4.69) is 13.8 Å². The maximum Gasteiger partial charge on any atom is 0.257 e. The SMILES string of the molecule is CCCN(CCC)C(=O)c1c(-c2ccc3c(c2)OCCO3)csc1N. The van der Waals surface area contributed by atoms with Crippen LogP contribution in [0.5, 0.6) is 11.5 Å². The third-order valence-electron chi connectivity index (χ3n) is 4.16. The van der Waals surface area contributed by atoms with E-state index >= 15 is 0 Å². The summed E-state index contributed by atoms with van der Waals surface area (Å²) in [7, 11) is 0. The molecule has 134 valence electrons. The molecule has 3 rings (SSSR count). The molecule has 1 aromatic carbocycles. The molecule has 0 radical (unpaired) electrons. The zero-order chi connectivity index (χ0) is 17.8. The molecule has 1 aliphatic rings. The third-order valence-corrected chi connectivity index (χ3v) is 4.97. The molecule has 2 N–H and O–H groups in total. The summed E-state index contributed by atoms with van der Waals surface area (Å²) in [6, 6.07) is 5.77. The minimum Gasteiger partial charge on any atom is -0.486 e. The lowest BCUT2D eigenvalue weighted by atomic mass is 10.0. The zero-order valence-electron chi connectivity index (χ0n) is 14.7. The molecule has 25 heavy (non-hydrogen) atoms. The predicted octanol–water partition coefficient (Wildman–Crippen LogP) is 4.03. The van der Waals surface area contributed by atoms with Gasteiger partial charge in [0.15, 0.2) is 11.5 Å². The monoisotopic (exact) mass is 360 g/mol. The maximum absolute atomic E-state index is 13.1. The summed E-state index contributed by atoms with van der Waals surface area (Å²) in [5.41, 5.74) is 8.55. The molecule has 1 aliphatic heterocycles. The molecule has 0 aliphatic carbocycles. The first kappa shape index (κ1) is 17.6. The number of hydrogen-bond donors (Lipinski definition) is 1. The van der Waals surface area contributed by atoms with E-state index in [1.807, 2.05) is 28.5 Å². The minimum absolute atomic E-state index is 0.00680. The van der Waals surface area contributed by atoms with Gasteiger partial charge in [0.05, 0.1) is 10.6 Å². The summed E-state index contributed by atoms with van der Waals surface area (Å²) in [6.07, 6.45) is 1.85. The van der Waals surface area contributed by atoms with Crippen LogP contribution in [0.25, 0.3) is 11.1 Å². The molecule has 0 saturated carbocycles. The van der Waals surface area contributed by atoms with Gasteiger partial charge in [-0.05, 0) is 30.5 Å². The Morgan fingerprint density at radius 3 is 2.52 bits per heavy atom. The Bertz CT molecular complexity index is 751. The first-order valence-corrected chi connectivity index (χ1v) is 9.59. The van der Waals surface area contributed by atoms with Gasteiger partial charge in [-0.3, -0.25) is 4.79 Å². The Hall–Kier alpha value is -2.21. The molecule has 0 atom stereocenters. The highest BCUT2D eigenvalue weighted by Gasteiger charge is 2.24. The van der Waals surface area contributed by atoms with E-state index in [4.69, 9.17) is 15.2 Å². The second-order valence-electron chi connectivity index (χ2n) is 6.04. The Morgan fingerprint density at radius 2 is 1.84 bits per heavy atom. The molecule has 0 spiro atoms. The van der Waals surface area contributed by atoms with Crippen LogP contribution in [0.2, 0.25) is 0 Å². The van der Waals surface area contributed by atoms with Gasteiger partial charge >= 0.3 is 0 Å². The Morgan fingerprint density at radius 1 is 1.16 bits per heavy atom. The zero-order valence-corrected chi connectivity index (χ0v) is 15.5. The molecule has 0 bridgehead atoms. The third kappa shape index (κ3) is 3.58. The Balaban J connectivity index is 1.97. The number of nitrogen functional groups attached to an aromatic ring is 1. The van der Waals surface area contributed by atoms with Crippen LogP contribution in [0.1, 0.15) is 37.0 Å². The lowest BCUT2D eigenvalue weighted by Crippen LogP contribution is -2.33. The van der Waals surface area contributed by atoms with Crippen molar-refractivity contribution in [2.45, 2.75) is 26.7 Å². The molecular formula is C19H24N2O3S. The van der Waals surface area contributed by atoms with Gasteiger partial charge in [-0.25, -0.2) is 0 Å². The normalized spacial score (nSPS) is 12.9. The van der Waals surface area contributed by atoms with E-state index in [1.54, 1.807) is 0 Å². The number of amides is 1. The lowest BCUT2D eigenvalue weighted by molar-refractivity contribution is 0.0758. The standard InChI is InChI=1S/C19H24N2O3S/c1-3-7-21(8-4-2)19(22)17-14(12-25-18(17)20)13-5-6-15-16(11-13)24-10-9-23-15/h5-6,11-12H,3-4,7-10,20H2,1-2H3. The summed E-state index contributed by atoms with van der Waals surface area (Å²) >= 11 is 1.40. The van der Waals surface area contributed by atoms with Crippen molar-refractivity contribution in [2.75, 3.05) is 32.0 Å². The Labute approximate surface area is 152 Å². The highest BCUT2D eigenvalue weighted by molar-refractivity contribution is 7.15. The number of benzene rings is 1. The minimum atomic E-state index is 0.00680. The molecule has 2 heterocycles. The van der Waals surface area contributed by atoms with E-state index in [9.17, 15) is 4.79 Å². The molecule has 1 amide bonds. The van der Waals surface area contributed by atoms with Gasteiger partial charge in [-0.2, -0.15) is 0 Å². The number of nitrogens with two attached hydrogens (primary N) is 1. The smallest absolute Gasteiger partial charge is 0.257 e. The van der Waals surface area contributed by atoms with Crippen molar-refractivity contribution < 1.29 is 14.3 Å². The molecule has 5 nitrogen and oxygen atoms in total. The first-order valence-electron chi connectivity index (χ1n) is 8.72. The number of fused-ring (bicyclic) bond motifs is 1. The van der Waals surface area contributed by atoms with Crippen LogP contribution >= 0.6 is 11.3 Å². The van der Waals surface area contributed by atoms with Crippen LogP contribution < -0.4 is 15.2 Å². The molecule has 2 aromatic rings. The summed E-state index contributed by atoms with van der Waals surface area (Å²) in [4.78, 5) is 15.0. The highest BCUT2D eigenvalue weighted by Crippen LogP contribution is 2.39. The molecule has 0 saturated heterocycles. The second kappa shape index (κ2) is 7.78. The van der Waals surface area contributed by atoms with Crippen LogP contribution in [0.3, 0.4) is 0 Å². The van der Waals surface area contributed by atoms with Crippen molar-refractivity contribution in [3.8, 4) is 22.6 Å². The number of thiophene rings is 1. The van der Waals surface area contributed by atoms with Crippen molar-refractivity contribution >= 4 is 22.2 Å². The van der Waals surface area contributed by atoms with Crippen LogP contribution in [0.15, 0.2) is 23.6 Å². The van der Waals surface area contributed by atoms with Crippen molar-refractivity contribution in [3.63, 3.8) is 0 Å². The molecule has 0 unspecified atom stereocenters. The second-order valence-corrected chi connectivity index (χ2v) is 6.95. The van der Waals surface area contributed by atoms with Crippen molar-refractivity contribution in [2.24, 2.45) is 0 Å². The summed E-state index contributed by atoms with van der Waals surface area (Å²) in [5.74, 6) is 1.46. The van der Waals surface area contributed by atoms with Gasteiger partial charge in [-0.15, -0.1) is 11.3 Å². The molecule has 0 fully saturated rings. The van der Waals surface area contributed by atoms with E-state index in [0.29, 0.717) is 29.5 Å². The fourth-order valence-corrected chi connectivity index (χ4v) is 3.84. The van der Waals surface area contributed by atoms with Gasteiger partial charge in [-0.1, -0.05) is 19.9 Å². The van der Waals surface area contributed by atoms with Gasteiger partial charge in [0, 0.05) is 24.0 Å². The number of anilines is 1. The summed E-state index contributed by atoms with van der Waals surface area (Å²) in [6.45, 7) is 6.73. The number of carbonyl (C=O) groups excluding carboxylic acids is 1. The fraction of sp³-hybridized carbons (Fsp3) is 0.421. The summed E-state index contributed by atoms with van der Waals surface area (Å²) in [5, 5.41) is 2.51. The first-order chi connectivity index (χ1) is 12.2. The van der Waals surface area contributed by atoms with Gasteiger partial charge in [0.25, 0.3) is 5.91 Å². The van der Waals surface area contributed by atoms with E-state index in [0.717, 1.165) is 42.8 Å². The van der Waals surface area contributed by atoms with Gasteiger partial charge in [0.1, 0.15) is 13.2 Å². The number of hydrogen-bond acceptors (Lipinski definition) is 5. The van der Waals surface area contributed by atoms with E-state index in [-0.39, 0.29) is 5.91 Å². The average molecular weight is 360 g/mol. The number of ether oxygens (including phenoxy) is 2. The average Bonchev–Trinajstić information content (AvgIpc) is 3.02. The van der Waals surface area contributed by atoms with Crippen molar-refractivity contribution in [1.29, 1.82) is 0 Å². The maximum atomic E-state index is 13.1. The van der Waals surface area contributed by atoms with Crippen LogP contribution in [-0.2, 0) is 0 Å². The van der Waals surface area contributed by atoms with Crippen molar-refractivity contribution in [3.05, 3.63) is 29.1 Å².